The molecule has 0 N–H and O–H groups in total. The zero-order valence-electron chi connectivity index (χ0n) is 15.6. The van der Waals surface area contributed by atoms with Gasteiger partial charge in [0.05, 0.1) is 30.0 Å². The van der Waals surface area contributed by atoms with Crippen LogP contribution in [0.1, 0.15) is 27.4 Å². The minimum atomic E-state index is -0.729. The van der Waals surface area contributed by atoms with E-state index in [1.807, 2.05) is 18.2 Å². The fourth-order valence-corrected chi connectivity index (χ4v) is 2.79. The lowest BCUT2D eigenvalue weighted by molar-refractivity contribution is -0.402. The summed E-state index contributed by atoms with van der Waals surface area (Å²) in [5.41, 5.74) is 1.84. The molecule has 9 heteroatoms. The minimum absolute atomic E-state index is 0.128. The third kappa shape index (κ3) is 4.29. The summed E-state index contributed by atoms with van der Waals surface area (Å²) >= 11 is 0. The Labute approximate surface area is 164 Å². The summed E-state index contributed by atoms with van der Waals surface area (Å²) in [6.45, 7) is 1.52. The van der Waals surface area contributed by atoms with Crippen LogP contribution in [0.15, 0.2) is 46.9 Å². The van der Waals surface area contributed by atoms with Gasteiger partial charge in [0.2, 0.25) is 0 Å². The number of aromatic nitrogens is 1. The van der Waals surface area contributed by atoms with Crippen molar-refractivity contribution >= 4 is 34.8 Å². The quantitative estimate of drug-likeness (QED) is 0.268. The van der Waals surface area contributed by atoms with Crippen molar-refractivity contribution in [3.05, 3.63) is 75.2 Å². The van der Waals surface area contributed by atoms with Crippen molar-refractivity contribution < 1.29 is 28.4 Å². The number of furan rings is 1. The Morgan fingerprint density at radius 3 is 2.69 bits per heavy atom. The lowest BCUT2D eigenvalue weighted by Gasteiger charge is -2.13. The average molecular weight is 396 g/mol. The van der Waals surface area contributed by atoms with Gasteiger partial charge in [0.1, 0.15) is 17.3 Å². The van der Waals surface area contributed by atoms with Crippen molar-refractivity contribution in [2.24, 2.45) is 0 Å². The molecule has 0 radical (unpaired) electrons. The number of pyridine rings is 1. The molecular formula is C20H16N2O7. The topological polar surface area (TPSA) is 122 Å². The van der Waals surface area contributed by atoms with Gasteiger partial charge in [-0.3, -0.25) is 10.1 Å². The second-order valence-electron chi connectivity index (χ2n) is 5.94. The van der Waals surface area contributed by atoms with Gasteiger partial charge in [0.25, 0.3) is 0 Å². The van der Waals surface area contributed by atoms with Crippen molar-refractivity contribution in [3.8, 4) is 0 Å². The van der Waals surface area contributed by atoms with E-state index in [0.717, 1.165) is 11.5 Å². The zero-order chi connectivity index (χ0) is 21.0. The van der Waals surface area contributed by atoms with E-state index in [0.29, 0.717) is 11.1 Å². The Morgan fingerprint density at radius 1 is 1.24 bits per heavy atom. The van der Waals surface area contributed by atoms with Gasteiger partial charge in [0, 0.05) is 11.5 Å². The molecule has 9 nitrogen and oxygen atoms in total. The number of methoxy groups -OCH3 is 1. The van der Waals surface area contributed by atoms with Gasteiger partial charge in [-0.05, 0) is 30.7 Å². The molecule has 0 saturated heterocycles. The SMILES string of the molecule is COC(=O)c1c(COC(=O)/C=C/c2ccc([N+](=O)[O-])o2)nc2ccccc2c1C. The molecule has 0 aliphatic heterocycles. The molecule has 29 heavy (non-hydrogen) atoms. The monoisotopic (exact) mass is 396 g/mol. The molecule has 1 aromatic carbocycles. The number of rotatable bonds is 6. The summed E-state index contributed by atoms with van der Waals surface area (Å²) in [4.78, 5) is 38.6. The molecule has 3 rings (SSSR count). The fourth-order valence-electron chi connectivity index (χ4n) is 2.79. The summed E-state index contributed by atoms with van der Waals surface area (Å²) in [5.74, 6) is -1.61. The largest absolute Gasteiger partial charge is 0.465 e. The zero-order valence-corrected chi connectivity index (χ0v) is 15.6. The van der Waals surface area contributed by atoms with Gasteiger partial charge < -0.3 is 13.9 Å². The molecule has 0 aliphatic rings. The standard InChI is InChI=1S/C20H16N2O7/c1-12-14-5-3-4-6-15(14)21-16(19(12)20(24)27-2)11-28-18(23)10-8-13-7-9-17(29-13)22(25)26/h3-10H,11H2,1-2H3/b10-8+. The van der Waals surface area contributed by atoms with E-state index in [1.165, 1.54) is 25.3 Å². The highest BCUT2D eigenvalue weighted by Gasteiger charge is 2.20. The molecule has 0 atom stereocenters. The Bertz CT molecular complexity index is 1130. The van der Waals surface area contributed by atoms with E-state index in [-0.39, 0.29) is 23.6 Å². The number of nitro groups is 1. The van der Waals surface area contributed by atoms with Crippen LogP contribution in [0.4, 0.5) is 5.88 Å². The number of fused-ring (bicyclic) bond motifs is 1. The second-order valence-corrected chi connectivity index (χ2v) is 5.94. The molecule has 0 fully saturated rings. The second kappa shape index (κ2) is 8.34. The van der Waals surface area contributed by atoms with E-state index in [2.05, 4.69) is 4.98 Å². The van der Waals surface area contributed by atoms with Gasteiger partial charge in [-0.1, -0.05) is 18.2 Å². The molecule has 148 valence electrons. The highest BCUT2D eigenvalue weighted by molar-refractivity contribution is 5.98. The summed E-state index contributed by atoms with van der Waals surface area (Å²) in [6, 6.07) is 9.81. The predicted molar refractivity (Wildman–Crippen MR) is 102 cm³/mol. The first-order valence-corrected chi connectivity index (χ1v) is 8.46. The number of benzene rings is 1. The summed E-state index contributed by atoms with van der Waals surface area (Å²) in [7, 11) is 1.26. The Hall–Kier alpha value is -4.01. The molecule has 0 bridgehead atoms. The number of carbonyl (C=O) groups is 2. The van der Waals surface area contributed by atoms with E-state index >= 15 is 0 Å². The smallest absolute Gasteiger partial charge is 0.433 e. The maximum absolute atomic E-state index is 12.2. The molecule has 0 saturated carbocycles. The summed E-state index contributed by atoms with van der Waals surface area (Å²) < 4.78 is 14.9. The molecule has 2 aromatic heterocycles. The number of hydrogen-bond acceptors (Lipinski definition) is 8. The van der Waals surface area contributed by atoms with Gasteiger partial charge in [0.15, 0.2) is 0 Å². The molecule has 0 amide bonds. The number of aryl methyl sites for hydroxylation is 1. The molecular weight excluding hydrogens is 380 g/mol. The van der Waals surface area contributed by atoms with Crippen LogP contribution in [0.5, 0.6) is 0 Å². The molecule has 0 unspecified atom stereocenters. The van der Waals surface area contributed by atoms with E-state index < -0.39 is 22.7 Å². The Morgan fingerprint density at radius 2 is 2.00 bits per heavy atom. The van der Waals surface area contributed by atoms with Gasteiger partial charge in [-0.25, -0.2) is 14.6 Å². The maximum atomic E-state index is 12.2. The van der Waals surface area contributed by atoms with Crippen LogP contribution in [0.2, 0.25) is 0 Å². The number of nitrogens with zero attached hydrogens (tertiary/aromatic N) is 2. The number of esters is 2. The number of hydrogen-bond donors (Lipinski definition) is 0. The number of carbonyl (C=O) groups excluding carboxylic acids is 2. The third-order valence-corrected chi connectivity index (χ3v) is 4.14. The van der Waals surface area contributed by atoms with Crippen LogP contribution < -0.4 is 0 Å². The number of para-hydroxylation sites is 1. The average Bonchev–Trinajstić information content (AvgIpc) is 3.20. The normalized spacial score (nSPS) is 11.0. The first-order chi connectivity index (χ1) is 13.9. The third-order valence-electron chi connectivity index (χ3n) is 4.14. The van der Waals surface area contributed by atoms with E-state index in [4.69, 9.17) is 13.9 Å². The highest BCUT2D eigenvalue weighted by Crippen LogP contribution is 2.24. The van der Waals surface area contributed by atoms with Crippen LogP contribution >= 0.6 is 0 Å². The van der Waals surface area contributed by atoms with E-state index in [1.54, 1.807) is 13.0 Å². The van der Waals surface area contributed by atoms with Crippen molar-refractivity contribution in [3.63, 3.8) is 0 Å². The van der Waals surface area contributed by atoms with Crippen molar-refractivity contribution in [2.45, 2.75) is 13.5 Å². The number of ether oxygens (including phenoxy) is 2. The molecule has 3 aromatic rings. The van der Waals surface area contributed by atoms with Gasteiger partial charge in [-0.2, -0.15) is 0 Å². The Balaban J connectivity index is 1.80. The van der Waals surface area contributed by atoms with Crippen LogP contribution in [-0.4, -0.2) is 29.0 Å². The first-order valence-electron chi connectivity index (χ1n) is 8.46. The lowest BCUT2D eigenvalue weighted by atomic mass is 10.0. The van der Waals surface area contributed by atoms with E-state index in [9.17, 15) is 19.7 Å². The summed E-state index contributed by atoms with van der Waals surface area (Å²) in [5, 5.41) is 11.4. The minimum Gasteiger partial charge on any atom is -0.465 e. The van der Waals surface area contributed by atoms with Crippen LogP contribution in [0.3, 0.4) is 0 Å². The highest BCUT2D eigenvalue weighted by atomic mass is 16.6. The molecule has 2 heterocycles. The molecule has 0 spiro atoms. The molecule has 0 aliphatic carbocycles. The van der Waals surface area contributed by atoms with Crippen LogP contribution in [0, 0.1) is 17.0 Å². The van der Waals surface area contributed by atoms with Crippen molar-refractivity contribution in [2.75, 3.05) is 7.11 Å². The van der Waals surface area contributed by atoms with Crippen molar-refractivity contribution in [1.82, 2.24) is 4.98 Å². The van der Waals surface area contributed by atoms with Gasteiger partial charge in [-0.15, -0.1) is 0 Å². The van der Waals surface area contributed by atoms with Crippen LogP contribution in [-0.2, 0) is 20.9 Å². The van der Waals surface area contributed by atoms with Crippen molar-refractivity contribution in [1.29, 1.82) is 0 Å². The first kappa shape index (κ1) is 19.7. The maximum Gasteiger partial charge on any atom is 0.433 e. The van der Waals surface area contributed by atoms with Gasteiger partial charge >= 0.3 is 17.8 Å². The fraction of sp³-hybridized carbons (Fsp3) is 0.150. The predicted octanol–water partition coefficient (Wildman–Crippen LogP) is 3.59. The summed E-state index contributed by atoms with van der Waals surface area (Å²) in [6.07, 6.45) is 2.31. The van der Waals surface area contributed by atoms with Crippen LogP contribution in [0.25, 0.3) is 17.0 Å². The Kier molecular flexibility index (Phi) is 5.68. The lowest BCUT2D eigenvalue weighted by Crippen LogP contribution is -2.13.